The third-order valence-corrected chi connectivity index (χ3v) is 3.27. The van der Waals surface area contributed by atoms with Gasteiger partial charge in [0.05, 0.1) is 5.69 Å². The van der Waals surface area contributed by atoms with Crippen LogP contribution in [-0.4, -0.2) is 22.8 Å². The molecule has 116 valence electrons. The molecule has 1 heterocycles. The molecular weight excluding hydrogens is 278 g/mol. The van der Waals surface area contributed by atoms with Crippen molar-refractivity contribution in [2.24, 2.45) is 0 Å². The molecule has 1 aromatic carbocycles. The molecule has 0 fully saturated rings. The SMILES string of the molecule is CCc1c(C(=O)OC(C)(C)C)[nH]c(C=O)c1-c1ccccc1. The summed E-state index contributed by atoms with van der Waals surface area (Å²) in [6.45, 7) is 7.41. The number of esters is 1. The predicted molar refractivity (Wildman–Crippen MR) is 86.2 cm³/mol. The molecule has 0 bridgehead atoms. The highest BCUT2D eigenvalue weighted by Crippen LogP contribution is 2.31. The van der Waals surface area contributed by atoms with E-state index in [1.807, 2.05) is 58.0 Å². The Morgan fingerprint density at radius 1 is 1.23 bits per heavy atom. The number of H-pyrrole nitrogens is 1. The van der Waals surface area contributed by atoms with Gasteiger partial charge in [-0.2, -0.15) is 0 Å². The second kappa shape index (κ2) is 6.18. The summed E-state index contributed by atoms with van der Waals surface area (Å²) in [5.41, 5.74) is 2.68. The molecular formula is C18H21NO3. The number of carbonyl (C=O) groups is 2. The molecule has 0 saturated heterocycles. The van der Waals surface area contributed by atoms with Crippen molar-refractivity contribution < 1.29 is 14.3 Å². The minimum absolute atomic E-state index is 0.360. The fourth-order valence-electron chi connectivity index (χ4n) is 2.44. The molecule has 0 unspecified atom stereocenters. The quantitative estimate of drug-likeness (QED) is 0.685. The van der Waals surface area contributed by atoms with Crippen LogP contribution in [0.15, 0.2) is 30.3 Å². The molecule has 2 aromatic rings. The van der Waals surface area contributed by atoms with Gasteiger partial charge in [-0.1, -0.05) is 37.3 Å². The van der Waals surface area contributed by atoms with E-state index < -0.39 is 11.6 Å². The van der Waals surface area contributed by atoms with E-state index in [0.717, 1.165) is 23.0 Å². The van der Waals surface area contributed by atoms with Gasteiger partial charge in [0.1, 0.15) is 11.3 Å². The molecule has 0 amide bonds. The summed E-state index contributed by atoms with van der Waals surface area (Å²) in [5.74, 6) is -0.436. The van der Waals surface area contributed by atoms with Gasteiger partial charge in [-0.25, -0.2) is 4.79 Å². The summed E-state index contributed by atoms with van der Waals surface area (Å²) >= 11 is 0. The fourth-order valence-corrected chi connectivity index (χ4v) is 2.44. The minimum atomic E-state index is -0.582. The lowest BCUT2D eigenvalue weighted by Crippen LogP contribution is -2.24. The van der Waals surface area contributed by atoms with Gasteiger partial charge >= 0.3 is 5.97 Å². The van der Waals surface area contributed by atoms with Crippen molar-refractivity contribution in [3.63, 3.8) is 0 Å². The van der Waals surface area contributed by atoms with Gasteiger partial charge < -0.3 is 9.72 Å². The van der Waals surface area contributed by atoms with Crippen LogP contribution in [0.5, 0.6) is 0 Å². The van der Waals surface area contributed by atoms with Crippen LogP contribution >= 0.6 is 0 Å². The maximum absolute atomic E-state index is 12.4. The molecule has 0 aliphatic rings. The first-order valence-electron chi connectivity index (χ1n) is 7.36. The van der Waals surface area contributed by atoms with Gasteiger partial charge in [0.25, 0.3) is 0 Å². The molecule has 2 rings (SSSR count). The normalized spacial score (nSPS) is 11.3. The third-order valence-electron chi connectivity index (χ3n) is 3.27. The topological polar surface area (TPSA) is 59.2 Å². The van der Waals surface area contributed by atoms with E-state index in [2.05, 4.69) is 4.98 Å². The van der Waals surface area contributed by atoms with E-state index in [4.69, 9.17) is 4.74 Å². The van der Waals surface area contributed by atoms with Gasteiger partial charge in [-0.05, 0) is 38.3 Å². The minimum Gasteiger partial charge on any atom is -0.455 e. The molecule has 4 nitrogen and oxygen atoms in total. The lowest BCUT2D eigenvalue weighted by atomic mass is 9.98. The largest absolute Gasteiger partial charge is 0.455 e. The second-order valence-electron chi connectivity index (χ2n) is 6.11. The summed E-state index contributed by atoms with van der Waals surface area (Å²) in [7, 11) is 0. The van der Waals surface area contributed by atoms with Crippen molar-refractivity contribution in [2.75, 3.05) is 0 Å². The van der Waals surface area contributed by atoms with Crippen molar-refractivity contribution in [3.8, 4) is 11.1 Å². The zero-order chi connectivity index (χ0) is 16.3. The number of hydrogen-bond acceptors (Lipinski definition) is 3. The first kappa shape index (κ1) is 16.0. The molecule has 0 saturated carbocycles. The van der Waals surface area contributed by atoms with E-state index in [-0.39, 0.29) is 0 Å². The zero-order valence-corrected chi connectivity index (χ0v) is 13.4. The van der Waals surface area contributed by atoms with E-state index in [9.17, 15) is 9.59 Å². The van der Waals surface area contributed by atoms with E-state index >= 15 is 0 Å². The number of aromatic amines is 1. The van der Waals surface area contributed by atoms with Crippen molar-refractivity contribution in [1.82, 2.24) is 4.98 Å². The highest BCUT2D eigenvalue weighted by molar-refractivity contribution is 5.97. The maximum Gasteiger partial charge on any atom is 0.355 e. The van der Waals surface area contributed by atoms with Crippen LogP contribution in [-0.2, 0) is 11.2 Å². The van der Waals surface area contributed by atoms with E-state index in [1.54, 1.807) is 0 Å². The average molecular weight is 299 g/mol. The summed E-state index contributed by atoms with van der Waals surface area (Å²) in [4.78, 5) is 26.7. The maximum atomic E-state index is 12.4. The van der Waals surface area contributed by atoms with Crippen LogP contribution in [0.4, 0.5) is 0 Å². The van der Waals surface area contributed by atoms with Crippen molar-refractivity contribution >= 4 is 12.3 Å². The molecule has 0 radical (unpaired) electrons. The molecule has 1 N–H and O–H groups in total. The number of aldehydes is 1. The van der Waals surface area contributed by atoms with Gasteiger partial charge in [-0.15, -0.1) is 0 Å². The second-order valence-corrected chi connectivity index (χ2v) is 6.11. The summed E-state index contributed by atoms with van der Waals surface area (Å²) in [6, 6.07) is 9.58. The Kier molecular flexibility index (Phi) is 4.50. The Labute approximate surface area is 130 Å². The zero-order valence-electron chi connectivity index (χ0n) is 13.4. The third kappa shape index (κ3) is 3.27. The monoisotopic (exact) mass is 299 g/mol. The summed E-state index contributed by atoms with van der Waals surface area (Å²) < 4.78 is 5.43. The number of rotatable bonds is 4. The summed E-state index contributed by atoms with van der Waals surface area (Å²) in [5, 5.41) is 0. The van der Waals surface area contributed by atoms with E-state index in [0.29, 0.717) is 17.8 Å². The number of carbonyl (C=O) groups excluding carboxylic acids is 2. The Morgan fingerprint density at radius 2 is 1.86 bits per heavy atom. The van der Waals surface area contributed by atoms with Crippen LogP contribution in [0.2, 0.25) is 0 Å². The molecule has 0 atom stereocenters. The molecule has 1 aromatic heterocycles. The summed E-state index contributed by atoms with van der Waals surface area (Å²) in [6.07, 6.45) is 1.37. The Hall–Kier alpha value is -2.36. The Bertz CT molecular complexity index is 678. The van der Waals surface area contributed by atoms with Gasteiger partial charge in [0.2, 0.25) is 0 Å². The Balaban J connectivity index is 2.56. The molecule has 0 aliphatic carbocycles. The lowest BCUT2D eigenvalue weighted by molar-refractivity contribution is 0.00624. The number of aromatic nitrogens is 1. The standard InChI is InChI=1S/C18H21NO3/c1-5-13-15(12-9-7-6-8-10-12)14(11-20)19-16(13)17(21)22-18(2,3)4/h6-11,19H,5H2,1-4H3. The number of benzene rings is 1. The van der Waals surface area contributed by atoms with Crippen molar-refractivity contribution in [1.29, 1.82) is 0 Å². The van der Waals surface area contributed by atoms with Gasteiger partial charge in [0, 0.05) is 5.56 Å². The molecule has 0 spiro atoms. The molecule has 4 heteroatoms. The first-order valence-corrected chi connectivity index (χ1v) is 7.36. The van der Waals surface area contributed by atoms with E-state index in [1.165, 1.54) is 0 Å². The predicted octanol–water partition coefficient (Wildman–Crippen LogP) is 4.01. The smallest absolute Gasteiger partial charge is 0.355 e. The first-order chi connectivity index (χ1) is 10.4. The lowest BCUT2D eigenvalue weighted by Gasteiger charge is -2.19. The Morgan fingerprint density at radius 3 is 2.36 bits per heavy atom. The van der Waals surface area contributed by atoms with Crippen molar-refractivity contribution in [2.45, 2.75) is 39.7 Å². The van der Waals surface area contributed by atoms with Crippen LogP contribution in [0.25, 0.3) is 11.1 Å². The average Bonchev–Trinajstić information content (AvgIpc) is 2.85. The number of ether oxygens (including phenoxy) is 1. The van der Waals surface area contributed by atoms with Crippen LogP contribution in [0, 0.1) is 0 Å². The van der Waals surface area contributed by atoms with Crippen molar-refractivity contribution in [3.05, 3.63) is 47.3 Å². The van der Waals surface area contributed by atoms with Crippen LogP contribution < -0.4 is 0 Å². The highest BCUT2D eigenvalue weighted by atomic mass is 16.6. The fraction of sp³-hybridized carbons (Fsp3) is 0.333. The van der Waals surface area contributed by atoms with Crippen LogP contribution in [0.1, 0.15) is 54.2 Å². The molecule has 0 aliphatic heterocycles. The number of nitrogens with one attached hydrogen (secondary N) is 1. The van der Waals surface area contributed by atoms with Crippen LogP contribution in [0.3, 0.4) is 0 Å². The van der Waals surface area contributed by atoms with Gasteiger partial charge in [-0.3, -0.25) is 4.79 Å². The number of hydrogen-bond donors (Lipinski definition) is 1. The van der Waals surface area contributed by atoms with Gasteiger partial charge in [0.15, 0.2) is 6.29 Å². The molecule has 22 heavy (non-hydrogen) atoms. The highest BCUT2D eigenvalue weighted by Gasteiger charge is 2.25.